The number of rotatable bonds is 5. The summed E-state index contributed by atoms with van der Waals surface area (Å²) < 4.78 is 81.4. The fraction of sp³-hybridized carbons (Fsp3) is 0.368. The van der Waals surface area contributed by atoms with Crippen molar-refractivity contribution in [3.63, 3.8) is 0 Å². The van der Waals surface area contributed by atoms with Crippen molar-refractivity contribution in [2.45, 2.75) is 22.5 Å². The van der Waals surface area contributed by atoms with E-state index >= 15 is 0 Å². The third-order valence-corrected chi connectivity index (χ3v) is 10.1. The van der Waals surface area contributed by atoms with Crippen LogP contribution in [0.25, 0.3) is 0 Å². The van der Waals surface area contributed by atoms with E-state index in [9.17, 15) is 25.6 Å². The molecule has 0 bridgehead atoms. The maximum Gasteiger partial charge on any atom is 0.281 e. The maximum absolute atomic E-state index is 14.8. The highest BCUT2D eigenvalue weighted by Gasteiger charge is 2.51. The summed E-state index contributed by atoms with van der Waals surface area (Å²) in [6.45, 7) is -0.327. The van der Waals surface area contributed by atoms with Gasteiger partial charge in [0.15, 0.2) is 9.84 Å². The van der Waals surface area contributed by atoms with Gasteiger partial charge in [0.05, 0.1) is 4.90 Å². The molecule has 30 heavy (non-hydrogen) atoms. The van der Waals surface area contributed by atoms with Crippen molar-refractivity contribution in [1.29, 1.82) is 0 Å². The van der Waals surface area contributed by atoms with Crippen molar-refractivity contribution in [2.24, 2.45) is 0 Å². The van der Waals surface area contributed by atoms with Gasteiger partial charge < -0.3 is 0 Å². The molecule has 3 rings (SSSR count). The van der Waals surface area contributed by atoms with Gasteiger partial charge in [-0.2, -0.15) is 17.0 Å². The van der Waals surface area contributed by atoms with E-state index in [1.807, 2.05) is 0 Å². The van der Waals surface area contributed by atoms with E-state index in [0.29, 0.717) is 5.02 Å². The van der Waals surface area contributed by atoms with E-state index in [2.05, 4.69) is 0 Å². The Labute approximate surface area is 180 Å². The Morgan fingerprint density at radius 1 is 0.967 bits per heavy atom. The quantitative estimate of drug-likeness (QED) is 0.661. The van der Waals surface area contributed by atoms with Gasteiger partial charge in [0.25, 0.3) is 10.2 Å². The molecule has 1 saturated heterocycles. The van der Waals surface area contributed by atoms with E-state index in [4.69, 9.17) is 11.6 Å². The number of benzene rings is 2. The zero-order chi connectivity index (χ0) is 22.3. The van der Waals surface area contributed by atoms with E-state index in [0.717, 1.165) is 26.8 Å². The van der Waals surface area contributed by atoms with Crippen molar-refractivity contribution in [1.82, 2.24) is 8.61 Å². The van der Waals surface area contributed by atoms with E-state index in [1.54, 1.807) is 0 Å². The predicted molar refractivity (Wildman–Crippen MR) is 110 cm³/mol. The van der Waals surface area contributed by atoms with Crippen molar-refractivity contribution in [3.05, 3.63) is 64.7 Å². The summed E-state index contributed by atoms with van der Waals surface area (Å²) >= 11 is 5.86. The summed E-state index contributed by atoms with van der Waals surface area (Å²) in [5, 5.41) is 0.326. The minimum atomic E-state index is -4.22. The van der Waals surface area contributed by atoms with Crippen LogP contribution in [0.3, 0.4) is 0 Å². The van der Waals surface area contributed by atoms with Crippen LogP contribution < -0.4 is 0 Å². The molecule has 0 N–H and O–H groups in total. The maximum atomic E-state index is 14.8. The van der Waals surface area contributed by atoms with Crippen LogP contribution in [0.15, 0.2) is 47.4 Å². The van der Waals surface area contributed by atoms with Crippen LogP contribution in [0.1, 0.15) is 18.4 Å². The average molecular weight is 479 g/mol. The van der Waals surface area contributed by atoms with Crippen LogP contribution in [-0.2, 0) is 24.8 Å². The second kappa shape index (κ2) is 8.16. The molecule has 0 amide bonds. The summed E-state index contributed by atoms with van der Waals surface area (Å²) in [5.74, 6) is -1.64. The lowest BCUT2D eigenvalue weighted by molar-refractivity contribution is 0.272. The second-order valence-electron chi connectivity index (χ2n) is 7.27. The molecular formula is C19H21ClF2N2O4S2. The van der Waals surface area contributed by atoms with Crippen LogP contribution in [-0.4, -0.2) is 52.6 Å². The normalized spacial score (nSPS) is 17.9. The number of piperidine rings is 1. The molecule has 164 valence electrons. The van der Waals surface area contributed by atoms with Gasteiger partial charge in [0.1, 0.15) is 16.4 Å². The fourth-order valence-corrected chi connectivity index (χ4v) is 7.02. The van der Waals surface area contributed by atoms with E-state index in [-0.39, 0.29) is 36.4 Å². The minimum Gasteiger partial charge on any atom is -0.223 e. The van der Waals surface area contributed by atoms with Crippen LogP contribution in [0, 0.1) is 11.6 Å². The molecule has 0 atom stereocenters. The Kier molecular flexibility index (Phi) is 6.28. The van der Waals surface area contributed by atoms with Gasteiger partial charge in [0.2, 0.25) is 0 Å². The number of sulfone groups is 1. The highest BCUT2D eigenvalue weighted by molar-refractivity contribution is 7.92. The first-order chi connectivity index (χ1) is 13.9. The van der Waals surface area contributed by atoms with Crippen LogP contribution in [0.2, 0.25) is 5.02 Å². The summed E-state index contributed by atoms with van der Waals surface area (Å²) in [6, 6.07) is 8.07. The molecule has 1 aliphatic heterocycles. The monoisotopic (exact) mass is 478 g/mol. The first-order valence-electron chi connectivity index (χ1n) is 9.05. The molecule has 0 saturated carbocycles. The van der Waals surface area contributed by atoms with Gasteiger partial charge in [-0.05, 0) is 55.3 Å². The Hall–Kier alpha value is -1.59. The molecule has 1 heterocycles. The van der Waals surface area contributed by atoms with Crippen LogP contribution >= 0.6 is 11.6 Å². The van der Waals surface area contributed by atoms with Gasteiger partial charge in [-0.25, -0.2) is 17.2 Å². The lowest BCUT2D eigenvalue weighted by Crippen LogP contribution is -2.51. The summed E-state index contributed by atoms with van der Waals surface area (Å²) in [5.41, 5.74) is -0.306. The van der Waals surface area contributed by atoms with Gasteiger partial charge >= 0.3 is 0 Å². The third-order valence-electron chi connectivity index (χ3n) is 5.38. The summed E-state index contributed by atoms with van der Waals surface area (Å²) in [6.07, 6.45) is -0.462. The van der Waals surface area contributed by atoms with Gasteiger partial charge in [0, 0.05) is 37.8 Å². The predicted octanol–water partition coefficient (Wildman–Crippen LogP) is 3.19. The zero-order valence-electron chi connectivity index (χ0n) is 16.3. The summed E-state index contributed by atoms with van der Waals surface area (Å²) in [7, 11) is -5.26. The third kappa shape index (κ3) is 3.87. The number of halogens is 3. The lowest BCUT2D eigenvalue weighted by atomic mass is 9.88. The van der Waals surface area contributed by atoms with Crippen LogP contribution in [0.4, 0.5) is 8.78 Å². The van der Waals surface area contributed by atoms with Crippen LogP contribution in [0.5, 0.6) is 0 Å². The second-order valence-corrected chi connectivity index (χ2v) is 12.1. The van der Waals surface area contributed by atoms with E-state index in [1.165, 1.54) is 38.4 Å². The minimum absolute atomic E-state index is 0.0977. The smallest absolute Gasteiger partial charge is 0.223 e. The average Bonchev–Trinajstić information content (AvgIpc) is 2.70. The molecule has 0 radical (unpaired) electrons. The Bertz CT molecular complexity index is 1150. The Morgan fingerprint density at radius 2 is 1.53 bits per heavy atom. The molecule has 0 aliphatic carbocycles. The zero-order valence-corrected chi connectivity index (χ0v) is 18.7. The Morgan fingerprint density at radius 3 is 2.07 bits per heavy atom. The number of hydrogen-bond acceptors (Lipinski definition) is 4. The molecule has 6 nitrogen and oxygen atoms in total. The molecule has 2 aromatic carbocycles. The largest absolute Gasteiger partial charge is 0.281 e. The highest BCUT2D eigenvalue weighted by Crippen LogP contribution is 2.45. The first kappa shape index (κ1) is 23.1. The SMILES string of the molecule is CN(C)S(=O)(=O)N1CCC(c2cc(F)ccc2F)(S(=O)(=O)c2ccc(Cl)cc2)CC1. The van der Waals surface area contributed by atoms with Crippen molar-refractivity contribution in [2.75, 3.05) is 27.2 Å². The molecule has 2 aromatic rings. The van der Waals surface area contributed by atoms with E-state index < -0.39 is 36.4 Å². The molecule has 1 aliphatic rings. The Balaban J connectivity index is 2.15. The van der Waals surface area contributed by atoms with Crippen molar-refractivity contribution < 1.29 is 25.6 Å². The first-order valence-corrected chi connectivity index (χ1v) is 12.3. The van der Waals surface area contributed by atoms with Gasteiger partial charge in [-0.3, -0.25) is 0 Å². The number of hydrogen-bond donors (Lipinski definition) is 0. The molecule has 0 unspecified atom stereocenters. The number of nitrogens with zero attached hydrogens (tertiary/aromatic N) is 2. The molecule has 1 fully saturated rings. The molecule has 0 aromatic heterocycles. The van der Waals surface area contributed by atoms with Crippen molar-refractivity contribution in [3.8, 4) is 0 Å². The standard InChI is InChI=1S/C19H21ClF2N2O4S2/c1-23(2)30(27,28)24-11-9-19(10-12-24,17-13-15(21)5-8-18(17)22)29(25,26)16-6-3-14(20)4-7-16/h3-8,13H,9-12H2,1-2H3. The molecular weight excluding hydrogens is 458 g/mol. The van der Waals surface area contributed by atoms with Gasteiger partial charge in [-0.1, -0.05) is 11.6 Å². The lowest BCUT2D eigenvalue weighted by Gasteiger charge is -2.41. The summed E-state index contributed by atoms with van der Waals surface area (Å²) in [4.78, 5) is -0.0977. The molecule has 0 spiro atoms. The fourth-order valence-electron chi connectivity index (χ4n) is 3.68. The van der Waals surface area contributed by atoms with Crippen molar-refractivity contribution >= 4 is 31.6 Å². The molecule has 11 heteroatoms. The topological polar surface area (TPSA) is 74.8 Å². The highest BCUT2D eigenvalue weighted by atomic mass is 35.5. The van der Waals surface area contributed by atoms with Gasteiger partial charge in [-0.15, -0.1) is 0 Å².